The fourth-order valence-electron chi connectivity index (χ4n) is 6.97. The molecule has 0 atom stereocenters. The highest BCUT2D eigenvalue weighted by atomic mass is 79.9. The molecule has 4 aromatic carbocycles. The largest absolute Gasteiger partial charge is 0.478 e. The van der Waals surface area contributed by atoms with Crippen LogP contribution in [0.3, 0.4) is 0 Å². The van der Waals surface area contributed by atoms with Crippen molar-refractivity contribution in [1.29, 1.82) is 0 Å². The lowest BCUT2D eigenvalue weighted by Gasteiger charge is -2.15. The average molecular weight is 954 g/mol. The highest BCUT2D eigenvalue weighted by Gasteiger charge is 2.24. The summed E-state index contributed by atoms with van der Waals surface area (Å²) < 4.78 is 5.00. The second kappa shape index (κ2) is 18.6. The average Bonchev–Trinajstić information content (AvgIpc) is 3.28. The summed E-state index contributed by atoms with van der Waals surface area (Å²) >= 11 is 6.72. The molecule has 0 bridgehead atoms. The normalized spacial score (nSPS) is 10.8. The van der Waals surface area contributed by atoms with Gasteiger partial charge in [-0.2, -0.15) is 0 Å². The van der Waals surface area contributed by atoms with Crippen molar-refractivity contribution in [2.24, 2.45) is 0 Å². The maximum Gasteiger partial charge on any atom is 0.336 e. The zero-order valence-corrected chi connectivity index (χ0v) is 36.3. The van der Waals surface area contributed by atoms with Gasteiger partial charge in [-0.15, -0.1) is 0 Å². The van der Waals surface area contributed by atoms with E-state index in [-0.39, 0.29) is 44.7 Å². The van der Waals surface area contributed by atoms with Crippen molar-refractivity contribution in [3.63, 3.8) is 0 Å². The van der Waals surface area contributed by atoms with Crippen molar-refractivity contribution in [2.45, 2.75) is 13.1 Å². The van der Waals surface area contributed by atoms with Crippen LogP contribution in [0.25, 0.3) is 21.8 Å². The van der Waals surface area contributed by atoms with E-state index in [1.807, 2.05) is 59.2 Å². The van der Waals surface area contributed by atoms with E-state index in [9.17, 15) is 33.9 Å². The Morgan fingerprint density at radius 2 is 0.903 bits per heavy atom. The number of ketones is 2. The second-order valence-electron chi connectivity index (χ2n) is 14.2. The number of aromatic nitrogens is 4. The topological polar surface area (TPSA) is 162 Å². The Labute approximate surface area is 371 Å². The fourth-order valence-corrected chi connectivity index (χ4v) is 7.73. The molecule has 0 saturated carbocycles. The zero-order valence-electron chi connectivity index (χ0n) is 33.2. The standard InChI is InChI=1S/C25H20BrN3O3.C23H15BrN2O4/c1-28(2)25(32)18-10-4-3-9-17(18)23(30)20-15-29(14-16-8-7-13-22(26)27-16)21-12-6-5-11-19(21)24(20)31;24-20-11-5-6-14(25-20)12-26-13-18(22(28)17-9-3-4-10-19(17)26)21(27)15-7-1-2-8-16(15)23(29)30/h3-13,15H,14H2,1-2H3;1-11,13H,12H2,(H,29,30). The molecule has 1 N–H and O–H groups in total. The molecule has 8 rings (SSSR count). The maximum absolute atomic E-state index is 13.5. The molecule has 0 saturated heterocycles. The van der Waals surface area contributed by atoms with Crippen LogP contribution in [0.1, 0.15) is 63.9 Å². The van der Waals surface area contributed by atoms with E-state index in [1.54, 1.807) is 85.5 Å². The molecular formula is C48H35Br2N5O7. The molecular weight excluding hydrogens is 918 g/mol. The molecule has 0 aliphatic rings. The van der Waals surface area contributed by atoms with E-state index in [0.29, 0.717) is 44.1 Å². The molecule has 0 aliphatic heterocycles. The van der Waals surface area contributed by atoms with Crippen molar-refractivity contribution in [2.75, 3.05) is 14.1 Å². The highest BCUT2D eigenvalue weighted by molar-refractivity contribution is 9.10. The van der Waals surface area contributed by atoms with Crippen molar-refractivity contribution in [3.05, 3.63) is 220 Å². The number of hydrogen-bond acceptors (Lipinski definition) is 8. The Hall–Kier alpha value is -7.16. The maximum atomic E-state index is 13.5. The number of carboxylic acid groups (broad SMARTS) is 1. The van der Waals surface area contributed by atoms with E-state index in [2.05, 4.69) is 41.8 Å². The fraction of sp³-hybridized carbons (Fsp3) is 0.0833. The van der Waals surface area contributed by atoms with Gasteiger partial charge < -0.3 is 19.1 Å². The third-order valence-corrected chi connectivity index (χ3v) is 10.8. The number of hydrogen-bond donors (Lipinski definition) is 1. The van der Waals surface area contributed by atoms with Gasteiger partial charge in [0, 0.05) is 48.4 Å². The van der Waals surface area contributed by atoms with E-state index in [1.165, 1.54) is 29.3 Å². The predicted molar refractivity (Wildman–Crippen MR) is 243 cm³/mol. The van der Waals surface area contributed by atoms with Crippen LogP contribution in [-0.2, 0) is 13.1 Å². The van der Waals surface area contributed by atoms with Crippen molar-refractivity contribution < 1.29 is 24.3 Å². The van der Waals surface area contributed by atoms with E-state index in [0.717, 1.165) is 11.4 Å². The smallest absolute Gasteiger partial charge is 0.336 e. The number of fused-ring (bicyclic) bond motifs is 2. The number of carbonyl (C=O) groups excluding carboxylic acids is 3. The van der Waals surface area contributed by atoms with Gasteiger partial charge in [0.05, 0.1) is 57.8 Å². The van der Waals surface area contributed by atoms with Crippen LogP contribution in [0.2, 0.25) is 0 Å². The van der Waals surface area contributed by atoms with Crippen LogP contribution >= 0.6 is 31.9 Å². The molecule has 1 amide bonds. The summed E-state index contributed by atoms with van der Waals surface area (Å²) in [6, 6.07) is 37.7. The van der Waals surface area contributed by atoms with Crippen molar-refractivity contribution in [3.8, 4) is 0 Å². The molecule has 0 radical (unpaired) electrons. The van der Waals surface area contributed by atoms with Crippen LogP contribution in [0, 0.1) is 0 Å². The SMILES string of the molecule is CN(C)C(=O)c1ccccc1C(=O)c1cn(Cc2cccc(Br)n2)c2ccccc2c1=O.O=C(O)c1ccccc1C(=O)c1cn(Cc2cccc(Br)n2)c2ccccc2c1=O. The lowest BCUT2D eigenvalue weighted by Crippen LogP contribution is -2.26. The van der Waals surface area contributed by atoms with Gasteiger partial charge in [-0.1, -0.05) is 72.8 Å². The number of rotatable bonds is 10. The Bertz CT molecular complexity index is 3200. The molecule has 4 heterocycles. The monoisotopic (exact) mass is 951 g/mol. The van der Waals surface area contributed by atoms with Crippen LogP contribution in [0.5, 0.6) is 0 Å². The van der Waals surface area contributed by atoms with Crippen molar-refractivity contribution >= 4 is 77.1 Å². The first-order valence-corrected chi connectivity index (χ1v) is 20.6. The van der Waals surface area contributed by atoms with Gasteiger partial charge in [0.25, 0.3) is 5.91 Å². The molecule has 14 heteroatoms. The number of aromatic carboxylic acids is 1. The third-order valence-electron chi connectivity index (χ3n) is 9.89. The summed E-state index contributed by atoms with van der Waals surface area (Å²) in [6.07, 6.45) is 3.04. The second-order valence-corrected chi connectivity index (χ2v) is 15.8. The van der Waals surface area contributed by atoms with E-state index < -0.39 is 23.0 Å². The van der Waals surface area contributed by atoms with Crippen LogP contribution in [-0.4, -0.2) is 66.6 Å². The van der Waals surface area contributed by atoms with Gasteiger partial charge in [0.2, 0.25) is 10.9 Å². The molecule has 0 spiro atoms. The van der Waals surface area contributed by atoms with Crippen LogP contribution in [0.15, 0.2) is 165 Å². The number of carbonyl (C=O) groups is 4. The summed E-state index contributed by atoms with van der Waals surface area (Å²) in [5.41, 5.74) is 2.29. The lowest BCUT2D eigenvalue weighted by molar-refractivity contribution is 0.0692. The Balaban J connectivity index is 0.000000187. The predicted octanol–water partition coefficient (Wildman–Crippen LogP) is 8.28. The Kier molecular flexibility index (Phi) is 12.9. The molecule has 0 aliphatic carbocycles. The first-order chi connectivity index (χ1) is 29.8. The van der Waals surface area contributed by atoms with Gasteiger partial charge in [-0.25, -0.2) is 14.8 Å². The third kappa shape index (κ3) is 9.11. The molecule has 4 aromatic heterocycles. The van der Waals surface area contributed by atoms with E-state index >= 15 is 0 Å². The highest BCUT2D eigenvalue weighted by Crippen LogP contribution is 2.21. The molecule has 62 heavy (non-hydrogen) atoms. The van der Waals surface area contributed by atoms with Crippen molar-refractivity contribution in [1.82, 2.24) is 24.0 Å². The van der Waals surface area contributed by atoms with Crippen LogP contribution in [0.4, 0.5) is 0 Å². The van der Waals surface area contributed by atoms with Gasteiger partial charge in [-0.05, 0) is 92.5 Å². The first-order valence-electron chi connectivity index (χ1n) is 19.0. The molecule has 308 valence electrons. The summed E-state index contributed by atoms with van der Waals surface area (Å²) in [4.78, 5) is 87.5. The number of carboxylic acids is 1. The quantitative estimate of drug-likeness (QED) is 0.105. The number of pyridine rings is 4. The number of halogens is 2. The number of para-hydroxylation sites is 2. The molecule has 8 aromatic rings. The van der Waals surface area contributed by atoms with Gasteiger partial charge in [-0.3, -0.25) is 24.0 Å². The summed E-state index contributed by atoms with van der Waals surface area (Å²) in [7, 11) is 3.25. The minimum atomic E-state index is -1.22. The summed E-state index contributed by atoms with van der Waals surface area (Å²) in [5.74, 6) is -2.63. The van der Waals surface area contributed by atoms with Gasteiger partial charge >= 0.3 is 5.97 Å². The van der Waals surface area contributed by atoms with E-state index in [4.69, 9.17) is 0 Å². The molecule has 0 fully saturated rings. The Morgan fingerprint density at radius 1 is 0.516 bits per heavy atom. The lowest BCUT2D eigenvalue weighted by atomic mass is 9.97. The number of amides is 1. The molecule has 0 unspecified atom stereocenters. The van der Waals surface area contributed by atoms with Crippen LogP contribution < -0.4 is 10.9 Å². The number of benzene rings is 4. The Morgan fingerprint density at radius 3 is 1.32 bits per heavy atom. The molecule has 12 nitrogen and oxygen atoms in total. The number of nitrogens with zero attached hydrogens (tertiary/aromatic N) is 5. The first kappa shape index (κ1) is 42.9. The summed E-state index contributed by atoms with van der Waals surface area (Å²) in [5, 5.41) is 10.2. The van der Waals surface area contributed by atoms with Gasteiger partial charge in [0.15, 0.2) is 11.6 Å². The minimum absolute atomic E-state index is 0.0118. The summed E-state index contributed by atoms with van der Waals surface area (Å²) in [6.45, 7) is 0.708. The van der Waals surface area contributed by atoms with Gasteiger partial charge in [0.1, 0.15) is 9.21 Å². The zero-order chi connectivity index (χ0) is 44.1. The minimum Gasteiger partial charge on any atom is -0.478 e.